The standard InChI is InChI=1S/C11H11BrN2O/c1-8(6-13)11(15)14-7-9-4-2-3-5-10(9)12/h2-5,8H,7H2,1H3,(H,14,15). The number of nitrogens with one attached hydrogen (secondary N) is 1. The molecular weight excluding hydrogens is 256 g/mol. The van der Waals surface area contributed by atoms with E-state index in [0.717, 1.165) is 10.0 Å². The lowest BCUT2D eigenvalue weighted by atomic mass is 10.2. The van der Waals surface area contributed by atoms with Crippen LogP contribution in [0.4, 0.5) is 0 Å². The average molecular weight is 267 g/mol. The number of benzene rings is 1. The quantitative estimate of drug-likeness (QED) is 0.912. The minimum absolute atomic E-state index is 0.242. The molecule has 1 rings (SSSR count). The summed E-state index contributed by atoms with van der Waals surface area (Å²) >= 11 is 3.38. The Kier molecular flexibility index (Phi) is 4.32. The highest BCUT2D eigenvalue weighted by molar-refractivity contribution is 9.10. The zero-order chi connectivity index (χ0) is 11.3. The molecular formula is C11H11BrN2O. The second kappa shape index (κ2) is 5.52. The van der Waals surface area contributed by atoms with Crippen molar-refractivity contribution in [3.05, 3.63) is 34.3 Å². The molecule has 0 aliphatic heterocycles. The Morgan fingerprint density at radius 3 is 2.87 bits per heavy atom. The number of hydrogen-bond acceptors (Lipinski definition) is 2. The predicted molar refractivity (Wildman–Crippen MR) is 60.8 cm³/mol. The Morgan fingerprint density at radius 2 is 2.27 bits per heavy atom. The zero-order valence-corrected chi connectivity index (χ0v) is 9.91. The van der Waals surface area contributed by atoms with E-state index in [9.17, 15) is 4.79 Å². The topological polar surface area (TPSA) is 52.9 Å². The fourth-order valence-corrected chi connectivity index (χ4v) is 1.46. The first-order valence-electron chi connectivity index (χ1n) is 4.56. The minimum atomic E-state index is -0.604. The van der Waals surface area contributed by atoms with Crippen molar-refractivity contribution in [2.24, 2.45) is 5.92 Å². The van der Waals surface area contributed by atoms with E-state index in [4.69, 9.17) is 5.26 Å². The molecule has 1 N–H and O–H groups in total. The Morgan fingerprint density at radius 1 is 1.60 bits per heavy atom. The number of nitrogens with zero attached hydrogens (tertiary/aromatic N) is 1. The van der Waals surface area contributed by atoms with Crippen molar-refractivity contribution in [2.45, 2.75) is 13.5 Å². The molecule has 1 atom stereocenters. The first-order chi connectivity index (χ1) is 7.15. The molecule has 1 unspecified atom stereocenters. The lowest BCUT2D eigenvalue weighted by Crippen LogP contribution is -2.27. The molecule has 0 bridgehead atoms. The van der Waals surface area contributed by atoms with Gasteiger partial charge in [0.25, 0.3) is 0 Å². The third-order valence-electron chi connectivity index (χ3n) is 2.00. The van der Waals surface area contributed by atoms with E-state index in [1.165, 1.54) is 0 Å². The van der Waals surface area contributed by atoms with Crippen molar-refractivity contribution >= 4 is 21.8 Å². The first-order valence-corrected chi connectivity index (χ1v) is 5.35. The van der Waals surface area contributed by atoms with Crippen LogP contribution in [0.1, 0.15) is 12.5 Å². The minimum Gasteiger partial charge on any atom is -0.351 e. The lowest BCUT2D eigenvalue weighted by molar-refractivity contribution is -0.123. The second-order valence-corrected chi connectivity index (χ2v) is 4.01. The highest BCUT2D eigenvalue weighted by Crippen LogP contribution is 2.15. The normalized spacial score (nSPS) is 11.5. The summed E-state index contributed by atoms with van der Waals surface area (Å²) < 4.78 is 0.954. The molecule has 3 nitrogen and oxygen atoms in total. The molecule has 4 heteroatoms. The SMILES string of the molecule is CC(C#N)C(=O)NCc1ccccc1Br. The molecule has 0 spiro atoms. The van der Waals surface area contributed by atoms with Gasteiger partial charge in [0.05, 0.1) is 6.07 Å². The number of nitriles is 1. The number of hydrogen-bond donors (Lipinski definition) is 1. The van der Waals surface area contributed by atoms with Gasteiger partial charge in [-0.2, -0.15) is 5.26 Å². The van der Waals surface area contributed by atoms with Crippen molar-refractivity contribution in [1.82, 2.24) is 5.32 Å². The highest BCUT2D eigenvalue weighted by atomic mass is 79.9. The van der Waals surface area contributed by atoms with E-state index in [2.05, 4.69) is 21.2 Å². The molecule has 0 fully saturated rings. The van der Waals surface area contributed by atoms with E-state index >= 15 is 0 Å². The van der Waals surface area contributed by atoms with Gasteiger partial charge in [-0.15, -0.1) is 0 Å². The van der Waals surface area contributed by atoms with Crippen molar-refractivity contribution in [3.63, 3.8) is 0 Å². The molecule has 78 valence electrons. The van der Waals surface area contributed by atoms with Crippen molar-refractivity contribution in [2.75, 3.05) is 0 Å². The average Bonchev–Trinajstić information content (AvgIpc) is 2.26. The zero-order valence-electron chi connectivity index (χ0n) is 8.33. The van der Waals surface area contributed by atoms with Gasteiger partial charge in [0, 0.05) is 11.0 Å². The molecule has 0 aromatic heterocycles. The molecule has 0 aliphatic rings. The molecule has 0 heterocycles. The summed E-state index contributed by atoms with van der Waals surface area (Å²) in [6.07, 6.45) is 0. The fourth-order valence-electron chi connectivity index (χ4n) is 1.04. The van der Waals surface area contributed by atoms with Gasteiger partial charge in [0.2, 0.25) is 5.91 Å². The lowest BCUT2D eigenvalue weighted by Gasteiger charge is -2.07. The maximum absolute atomic E-state index is 11.3. The van der Waals surface area contributed by atoms with Gasteiger partial charge in [0.15, 0.2) is 0 Å². The Hall–Kier alpha value is -1.34. The third-order valence-corrected chi connectivity index (χ3v) is 2.77. The van der Waals surface area contributed by atoms with Crippen molar-refractivity contribution in [1.29, 1.82) is 5.26 Å². The van der Waals surface area contributed by atoms with Crippen LogP contribution in [0.3, 0.4) is 0 Å². The smallest absolute Gasteiger partial charge is 0.237 e. The Labute approximate surface area is 97.2 Å². The Balaban J connectivity index is 2.55. The summed E-state index contributed by atoms with van der Waals surface area (Å²) in [6.45, 7) is 2.02. The number of carbonyl (C=O) groups is 1. The van der Waals surface area contributed by atoms with E-state index < -0.39 is 5.92 Å². The van der Waals surface area contributed by atoms with Crippen LogP contribution in [-0.2, 0) is 11.3 Å². The van der Waals surface area contributed by atoms with Crippen LogP contribution in [0.25, 0.3) is 0 Å². The largest absolute Gasteiger partial charge is 0.351 e. The monoisotopic (exact) mass is 266 g/mol. The molecule has 1 aromatic rings. The van der Waals surface area contributed by atoms with Gasteiger partial charge in [-0.25, -0.2) is 0 Å². The molecule has 0 aliphatic carbocycles. The molecule has 0 radical (unpaired) electrons. The summed E-state index contributed by atoms with van der Waals surface area (Å²) in [5.74, 6) is -0.847. The van der Waals surface area contributed by atoms with Crippen LogP contribution < -0.4 is 5.32 Å². The van der Waals surface area contributed by atoms with Gasteiger partial charge >= 0.3 is 0 Å². The predicted octanol–water partition coefficient (Wildman–Crippen LogP) is 2.22. The summed E-state index contributed by atoms with van der Waals surface area (Å²) in [7, 11) is 0. The molecule has 0 saturated heterocycles. The highest BCUT2D eigenvalue weighted by Gasteiger charge is 2.10. The van der Waals surface area contributed by atoms with Gasteiger partial charge in [-0.1, -0.05) is 34.1 Å². The van der Waals surface area contributed by atoms with Gasteiger partial charge in [0.1, 0.15) is 5.92 Å². The fraction of sp³-hybridized carbons (Fsp3) is 0.273. The molecule has 0 saturated carbocycles. The maximum Gasteiger partial charge on any atom is 0.237 e. The van der Waals surface area contributed by atoms with E-state index in [1.54, 1.807) is 6.92 Å². The van der Waals surface area contributed by atoms with Crippen molar-refractivity contribution in [3.8, 4) is 6.07 Å². The van der Waals surface area contributed by atoms with Crippen LogP contribution in [0.2, 0.25) is 0 Å². The molecule has 1 amide bonds. The Bertz CT molecular complexity index is 398. The van der Waals surface area contributed by atoms with Gasteiger partial charge < -0.3 is 5.32 Å². The van der Waals surface area contributed by atoms with Gasteiger partial charge in [-0.3, -0.25) is 4.79 Å². The maximum atomic E-state index is 11.3. The van der Waals surface area contributed by atoms with Crippen LogP contribution in [0, 0.1) is 17.2 Å². The number of amides is 1. The van der Waals surface area contributed by atoms with Crippen LogP contribution in [0.15, 0.2) is 28.7 Å². The van der Waals surface area contributed by atoms with E-state index in [-0.39, 0.29) is 5.91 Å². The summed E-state index contributed by atoms with van der Waals surface area (Å²) in [5.41, 5.74) is 0.996. The number of rotatable bonds is 3. The summed E-state index contributed by atoms with van der Waals surface area (Å²) in [4.78, 5) is 11.3. The first kappa shape index (κ1) is 11.7. The molecule has 1 aromatic carbocycles. The number of carbonyl (C=O) groups excluding carboxylic acids is 1. The van der Waals surface area contributed by atoms with E-state index in [1.807, 2.05) is 30.3 Å². The molecule has 15 heavy (non-hydrogen) atoms. The summed E-state index contributed by atoms with van der Waals surface area (Å²) in [6, 6.07) is 9.53. The summed E-state index contributed by atoms with van der Waals surface area (Å²) in [5, 5.41) is 11.2. The number of halogens is 1. The van der Waals surface area contributed by atoms with Crippen LogP contribution in [-0.4, -0.2) is 5.91 Å². The van der Waals surface area contributed by atoms with Gasteiger partial charge in [-0.05, 0) is 18.6 Å². The van der Waals surface area contributed by atoms with Crippen LogP contribution in [0.5, 0.6) is 0 Å². The second-order valence-electron chi connectivity index (χ2n) is 3.16. The van der Waals surface area contributed by atoms with Crippen LogP contribution >= 0.6 is 15.9 Å². The van der Waals surface area contributed by atoms with Crippen molar-refractivity contribution < 1.29 is 4.79 Å². The van der Waals surface area contributed by atoms with E-state index in [0.29, 0.717) is 6.54 Å². The third kappa shape index (κ3) is 3.37.